The average Bonchev–Trinajstić information content (AvgIpc) is 2.83. The number of pyridine rings is 1. The van der Waals surface area contributed by atoms with Crippen molar-refractivity contribution in [1.29, 1.82) is 0 Å². The van der Waals surface area contributed by atoms with E-state index in [1.807, 2.05) is 26.0 Å². The third-order valence-electron chi connectivity index (χ3n) is 6.78. The van der Waals surface area contributed by atoms with Crippen LogP contribution in [0.4, 0.5) is 11.4 Å². The van der Waals surface area contributed by atoms with E-state index in [0.29, 0.717) is 28.7 Å². The molecule has 40 heavy (non-hydrogen) atoms. The van der Waals surface area contributed by atoms with Gasteiger partial charge in [-0.2, -0.15) is 0 Å². The summed E-state index contributed by atoms with van der Waals surface area (Å²) >= 11 is 6.62. The zero-order valence-corrected chi connectivity index (χ0v) is 29.0. The molecule has 1 aromatic heterocycles. The van der Waals surface area contributed by atoms with Crippen LogP contribution >= 0.6 is 11.6 Å². The molecule has 0 saturated heterocycles. The second-order valence-electron chi connectivity index (χ2n) is 11.1. The molecule has 0 aliphatic rings. The van der Waals surface area contributed by atoms with Gasteiger partial charge in [0.25, 0.3) is 0 Å². The Morgan fingerprint density at radius 1 is 0.600 bits per heavy atom. The largest absolute Gasteiger partial charge is 2.00 e. The Balaban J connectivity index is 0.00000507. The van der Waals surface area contributed by atoms with Gasteiger partial charge in [0.05, 0.1) is 34.2 Å². The van der Waals surface area contributed by atoms with E-state index in [1.165, 1.54) is 22.3 Å². The number of rotatable bonds is 8. The first-order chi connectivity index (χ1) is 17.4. The third-order valence-corrected chi connectivity index (χ3v) is 6.99. The van der Waals surface area contributed by atoms with Crippen LogP contribution < -0.4 is 24.8 Å². The standard InChI is InChI=1S/C33H42ClN3.2ClH.V/c1-19(2)26-13-11-14-27(20(3)4)32(26)35-23(9)30-17-25(34)18-31(37-30)24(10)36-33-28(21(5)6)15-12-16-29(33)22(7)8;;;/h11-22H,1-10H3;2*1H;/q;;;+2/p-2. The maximum absolute atomic E-state index is 6.62. The van der Waals surface area contributed by atoms with E-state index >= 15 is 0 Å². The second kappa shape index (κ2) is 16.7. The van der Waals surface area contributed by atoms with Crippen LogP contribution in [0.2, 0.25) is 5.02 Å². The average molecular weight is 638 g/mol. The smallest absolute Gasteiger partial charge is 1.00 e. The van der Waals surface area contributed by atoms with E-state index in [2.05, 4.69) is 91.8 Å². The van der Waals surface area contributed by atoms with Crippen molar-refractivity contribution >= 4 is 34.4 Å². The minimum Gasteiger partial charge on any atom is -1.00 e. The van der Waals surface area contributed by atoms with E-state index in [0.717, 1.165) is 34.2 Å². The third kappa shape index (κ3) is 9.20. The molecule has 215 valence electrons. The number of benzene rings is 2. The van der Waals surface area contributed by atoms with Crippen LogP contribution in [0.5, 0.6) is 0 Å². The molecule has 0 aliphatic carbocycles. The van der Waals surface area contributed by atoms with Crippen molar-refractivity contribution in [3.8, 4) is 0 Å². The zero-order chi connectivity index (χ0) is 27.4. The molecule has 1 radical (unpaired) electrons. The minimum absolute atomic E-state index is 0. The second-order valence-corrected chi connectivity index (χ2v) is 11.6. The van der Waals surface area contributed by atoms with Crippen molar-refractivity contribution < 1.29 is 43.4 Å². The van der Waals surface area contributed by atoms with Crippen molar-refractivity contribution in [2.75, 3.05) is 0 Å². The van der Waals surface area contributed by atoms with Gasteiger partial charge in [0.1, 0.15) is 0 Å². The topological polar surface area (TPSA) is 37.6 Å². The van der Waals surface area contributed by atoms with Crippen LogP contribution in [0, 0.1) is 0 Å². The van der Waals surface area contributed by atoms with E-state index in [4.69, 9.17) is 26.6 Å². The summed E-state index contributed by atoms with van der Waals surface area (Å²) in [5.74, 6) is 1.50. The Morgan fingerprint density at radius 3 is 1.12 bits per heavy atom. The first-order valence-corrected chi connectivity index (χ1v) is 13.8. The van der Waals surface area contributed by atoms with Gasteiger partial charge in [0.15, 0.2) is 0 Å². The van der Waals surface area contributed by atoms with E-state index in [1.54, 1.807) is 0 Å². The predicted molar refractivity (Wildman–Crippen MR) is 162 cm³/mol. The van der Waals surface area contributed by atoms with Gasteiger partial charge < -0.3 is 24.8 Å². The molecule has 3 rings (SSSR count). The maximum Gasteiger partial charge on any atom is 2.00 e. The summed E-state index contributed by atoms with van der Waals surface area (Å²) in [5.41, 5.74) is 10.3. The molecule has 0 aliphatic heterocycles. The van der Waals surface area contributed by atoms with Crippen molar-refractivity contribution in [3.63, 3.8) is 0 Å². The predicted octanol–water partition coefficient (Wildman–Crippen LogP) is 4.52. The fourth-order valence-electron chi connectivity index (χ4n) is 4.60. The number of nitrogens with zero attached hydrogens (tertiary/aromatic N) is 3. The molecule has 7 heteroatoms. The van der Waals surface area contributed by atoms with Gasteiger partial charge in [-0.15, -0.1) is 0 Å². The summed E-state index contributed by atoms with van der Waals surface area (Å²) in [7, 11) is 0. The normalized spacial score (nSPS) is 12.0. The van der Waals surface area contributed by atoms with Gasteiger partial charge in [-0.1, -0.05) is 103 Å². The molecule has 1 heterocycles. The summed E-state index contributed by atoms with van der Waals surface area (Å²) in [4.78, 5) is 15.2. The molecule has 0 bridgehead atoms. The van der Waals surface area contributed by atoms with Gasteiger partial charge in [-0.25, -0.2) is 4.98 Å². The minimum atomic E-state index is 0. The van der Waals surface area contributed by atoms with Crippen LogP contribution in [0.3, 0.4) is 0 Å². The summed E-state index contributed by atoms with van der Waals surface area (Å²) < 4.78 is 0. The van der Waals surface area contributed by atoms with Gasteiger partial charge >= 0.3 is 18.6 Å². The molecule has 0 spiro atoms. The Hall–Kier alpha value is -1.62. The first kappa shape index (κ1) is 38.4. The number of hydrogen-bond acceptors (Lipinski definition) is 3. The number of para-hydroxylation sites is 2. The molecule has 0 amide bonds. The maximum atomic E-state index is 6.62. The Labute approximate surface area is 271 Å². The molecule has 2 aromatic carbocycles. The van der Waals surface area contributed by atoms with Crippen LogP contribution in [0.25, 0.3) is 0 Å². The molecule has 0 saturated carbocycles. The van der Waals surface area contributed by atoms with E-state index < -0.39 is 0 Å². The molecule has 0 N–H and O–H groups in total. The fraction of sp³-hybridized carbons (Fsp3) is 0.424. The Bertz CT molecular complexity index is 1180. The van der Waals surface area contributed by atoms with Crippen LogP contribution in [0.15, 0.2) is 58.5 Å². The van der Waals surface area contributed by atoms with Crippen molar-refractivity contribution in [1.82, 2.24) is 4.98 Å². The number of aliphatic imine (C=N–C) groups is 2. The zero-order valence-electron chi connectivity index (χ0n) is 25.4. The van der Waals surface area contributed by atoms with Gasteiger partial charge in [-0.05, 0) is 71.9 Å². The van der Waals surface area contributed by atoms with Crippen LogP contribution in [-0.2, 0) is 18.6 Å². The molecule has 0 fully saturated rings. The quantitative estimate of drug-likeness (QED) is 0.335. The number of hydrogen-bond donors (Lipinski definition) is 0. The van der Waals surface area contributed by atoms with Crippen LogP contribution in [0.1, 0.15) is 127 Å². The van der Waals surface area contributed by atoms with Gasteiger partial charge in [-0.3, -0.25) is 9.98 Å². The summed E-state index contributed by atoms with van der Waals surface area (Å²) in [5, 5.41) is 0.631. The monoisotopic (exact) mass is 636 g/mol. The molecule has 3 nitrogen and oxygen atoms in total. The van der Waals surface area contributed by atoms with Gasteiger partial charge in [0.2, 0.25) is 0 Å². The Morgan fingerprint density at radius 2 is 0.875 bits per heavy atom. The molecular formula is C33H42Cl3N3V. The SMILES string of the molecule is CC(=Nc1c(C(C)C)cccc1C(C)C)c1cc(Cl)cc(C(C)=Nc2c(C(C)C)cccc2C(C)C)n1.[Cl-].[Cl-].[V+2]. The van der Waals surface area contributed by atoms with Crippen molar-refractivity contribution in [2.24, 2.45) is 9.98 Å². The van der Waals surface area contributed by atoms with Crippen molar-refractivity contribution in [2.45, 2.75) is 92.9 Å². The molecule has 0 unspecified atom stereocenters. The van der Waals surface area contributed by atoms with Gasteiger partial charge in [0, 0.05) is 5.02 Å². The summed E-state index contributed by atoms with van der Waals surface area (Å²) in [6.45, 7) is 21.7. The van der Waals surface area contributed by atoms with E-state index in [9.17, 15) is 0 Å². The Kier molecular flexibility index (Phi) is 16.1. The number of halogens is 3. The van der Waals surface area contributed by atoms with Crippen LogP contribution in [-0.4, -0.2) is 16.4 Å². The van der Waals surface area contributed by atoms with Crippen molar-refractivity contribution in [3.05, 3.63) is 87.2 Å². The molecule has 0 atom stereocenters. The fourth-order valence-corrected chi connectivity index (χ4v) is 4.81. The molecular weight excluding hydrogens is 596 g/mol. The molecule has 3 aromatic rings. The van der Waals surface area contributed by atoms with E-state index in [-0.39, 0.29) is 43.4 Å². The summed E-state index contributed by atoms with van der Waals surface area (Å²) in [6, 6.07) is 16.8. The first-order valence-electron chi connectivity index (χ1n) is 13.4. The number of aromatic nitrogens is 1. The summed E-state index contributed by atoms with van der Waals surface area (Å²) in [6.07, 6.45) is 0.